The fourth-order valence-corrected chi connectivity index (χ4v) is 3.40. The van der Waals surface area contributed by atoms with Gasteiger partial charge in [-0.3, -0.25) is 0 Å². The van der Waals surface area contributed by atoms with E-state index in [2.05, 4.69) is 39.1 Å². The third kappa shape index (κ3) is 2.74. The van der Waals surface area contributed by atoms with Gasteiger partial charge in [0.25, 0.3) is 0 Å². The number of nitrogens with one attached hydrogen (secondary N) is 1. The van der Waals surface area contributed by atoms with Crippen LogP contribution in [-0.2, 0) is 0 Å². The number of allylic oxidation sites excluding steroid dienone is 2. The van der Waals surface area contributed by atoms with Crippen LogP contribution in [0.25, 0.3) is 0 Å². The fourth-order valence-electron chi connectivity index (χ4n) is 3.40. The third-order valence-electron chi connectivity index (χ3n) is 4.75. The van der Waals surface area contributed by atoms with Gasteiger partial charge in [0.15, 0.2) is 0 Å². The molecule has 98 valence electrons. The van der Waals surface area contributed by atoms with E-state index in [9.17, 15) is 5.11 Å². The van der Waals surface area contributed by atoms with Crippen LogP contribution in [0.15, 0.2) is 11.6 Å². The van der Waals surface area contributed by atoms with Gasteiger partial charge in [0.1, 0.15) is 0 Å². The van der Waals surface area contributed by atoms with E-state index in [-0.39, 0.29) is 11.5 Å². The summed E-state index contributed by atoms with van der Waals surface area (Å²) in [5, 5.41) is 13.4. The van der Waals surface area contributed by atoms with E-state index in [0.717, 1.165) is 24.8 Å². The molecule has 0 spiro atoms. The molecule has 1 fully saturated rings. The highest BCUT2D eigenvalue weighted by molar-refractivity contribution is 5.07. The predicted molar refractivity (Wildman–Crippen MR) is 71.8 cm³/mol. The van der Waals surface area contributed by atoms with Crippen LogP contribution in [0, 0.1) is 17.3 Å². The molecule has 2 heteroatoms. The van der Waals surface area contributed by atoms with Gasteiger partial charge in [0.05, 0.1) is 6.10 Å². The highest BCUT2D eigenvalue weighted by Gasteiger charge is 2.46. The lowest BCUT2D eigenvalue weighted by atomic mass is 9.64. The van der Waals surface area contributed by atoms with Gasteiger partial charge in [-0.25, -0.2) is 0 Å². The lowest BCUT2D eigenvalue weighted by Gasteiger charge is -2.50. The summed E-state index contributed by atoms with van der Waals surface area (Å²) in [4.78, 5) is 0. The molecule has 2 rings (SSSR count). The monoisotopic (exact) mass is 237 g/mol. The average Bonchev–Trinajstić information content (AvgIpc) is 2.22. The van der Waals surface area contributed by atoms with Crippen molar-refractivity contribution < 1.29 is 5.11 Å². The van der Waals surface area contributed by atoms with Gasteiger partial charge >= 0.3 is 0 Å². The van der Waals surface area contributed by atoms with E-state index < -0.39 is 0 Å². The minimum Gasteiger partial charge on any atom is -0.392 e. The largest absolute Gasteiger partial charge is 0.392 e. The Hall–Kier alpha value is -0.340. The van der Waals surface area contributed by atoms with Crippen molar-refractivity contribution in [1.82, 2.24) is 5.32 Å². The second kappa shape index (κ2) is 4.74. The first-order chi connectivity index (χ1) is 7.89. The van der Waals surface area contributed by atoms with Gasteiger partial charge in [-0.15, -0.1) is 0 Å². The Balaban J connectivity index is 1.78. The minimum absolute atomic E-state index is 0.0607. The standard InChI is InChI=1S/C15H27NO/c1-10-5-11(2)7-12(6-10)9-16-13-8-14(17)15(13,3)4/h5,10,12-14,16-17H,6-9H2,1-4H3. The average molecular weight is 237 g/mol. The lowest BCUT2D eigenvalue weighted by molar-refractivity contribution is -0.0734. The van der Waals surface area contributed by atoms with Crippen LogP contribution in [0.5, 0.6) is 0 Å². The van der Waals surface area contributed by atoms with Crippen molar-refractivity contribution in [2.24, 2.45) is 17.3 Å². The van der Waals surface area contributed by atoms with Gasteiger partial charge < -0.3 is 10.4 Å². The fraction of sp³-hybridized carbons (Fsp3) is 0.867. The molecule has 1 saturated carbocycles. The van der Waals surface area contributed by atoms with E-state index in [1.54, 1.807) is 5.57 Å². The molecule has 4 unspecified atom stereocenters. The number of hydrogen-bond acceptors (Lipinski definition) is 2. The summed E-state index contributed by atoms with van der Waals surface area (Å²) in [6.45, 7) is 9.99. The normalized spacial score (nSPS) is 40.6. The summed E-state index contributed by atoms with van der Waals surface area (Å²) in [5.41, 5.74) is 1.61. The van der Waals surface area contributed by atoms with Gasteiger partial charge in [-0.2, -0.15) is 0 Å². The van der Waals surface area contributed by atoms with Gasteiger partial charge in [0, 0.05) is 11.5 Å². The van der Waals surface area contributed by atoms with Crippen molar-refractivity contribution in [3.8, 4) is 0 Å². The zero-order valence-corrected chi connectivity index (χ0v) is 11.7. The highest BCUT2D eigenvalue weighted by Crippen LogP contribution is 2.40. The molecule has 2 nitrogen and oxygen atoms in total. The molecule has 2 N–H and O–H groups in total. The van der Waals surface area contributed by atoms with Crippen LogP contribution in [0.3, 0.4) is 0 Å². The number of rotatable bonds is 3. The molecule has 0 aromatic rings. The van der Waals surface area contributed by atoms with Crippen molar-refractivity contribution in [2.45, 2.75) is 59.1 Å². The predicted octanol–water partition coefficient (Wildman–Crippen LogP) is 2.73. The Kier molecular flexibility index (Phi) is 3.65. The van der Waals surface area contributed by atoms with E-state index in [1.165, 1.54) is 12.8 Å². The lowest BCUT2D eigenvalue weighted by Crippen LogP contribution is -2.60. The molecule has 0 heterocycles. The van der Waals surface area contributed by atoms with Crippen LogP contribution in [0.4, 0.5) is 0 Å². The van der Waals surface area contributed by atoms with Crippen LogP contribution < -0.4 is 5.32 Å². The molecule has 4 atom stereocenters. The summed E-state index contributed by atoms with van der Waals surface area (Å²) in [7, 11) is 0. The van der Waals surface area contributed by atoms with Crippen molar-refractivity contribution in [3.05, 3.63) is 11.6 Å². The Morgan fingerprint density at radius 2 is 2.12 bits per heavy atom. The molecule has 0 aliphatic heterocycles. The molecule has 0 saturated heterocycles. The van der Waals surface area contributed by atoms with Crippen LogP contribution in [-0.4, -0.2) is 23.8 Å². The summed E-state index contributed by atoms with van der Waals surface area (Å²) in [6.07, 6.45) is 5.76. The third-order valence-corrected chi connectivity index (χ3v) is 4.75. The van der Waals surface area contributed by atoms with Gasteiger partial charge in [-0.05, 0) is 44.6 Å². The Morgan fingerprint density at radius 1 is 1.41 bits per heavy atom. The summed E-state index contributed by atoms with van der Waals surface area (Å²) in [5.74, 6) is 1.51. The molecular weight excluding hydrogens is 210 g/mol. The van der Waals surface area contributed by atoms with Crippen LogP contribution in [0.2, 0.25) is 0 Å². The molecule has 0 aromatic heterocycles. The van der Waals surface area contributed by atoms with Crippen molar-refractivity contribution in [3.63, 3.8) is 0 Å². The van der Waals surface area contributed by atoms with Gasteiger partial charge in [0.2, 0.25) is 0 Å². The molecule has 0 radical (unpaired) electrons. The summed E-state index contributed by atoms with van der Waals surface area (Å²) >= 11 is 0. The van der Waals surface area contributed by atoms with E-state index in [1.807, 2.05) is 0 Å². The number of hydrogen-bond donors (Lipinski definition) is 2. The first kappa shape index (κ1) is 13.1. The van der Waals surface area contributed by atoms with E-state index in [0.29, 0.717) is 6.04 Å². The molecule has 17 heavy (non-hydrogen) atoms. The molecule has 0 aromatic carbocycles. The quantitative estimate of drug-likeness (QED) is 0.740. The molecule has 0 bridgehead atoms. The smallest absolute Gasteiger partial charge is 0.0621 e. The SMILES string of the molecule is CC1=CC(C)CC(CNC2CC(O)C2(C)C)C1. The number of aliphatic hydroxyl groups excluding tert-OH is 1. The first-order valence-corrected chi connectivity index (χ1v) is 6.98. The summed E-state index contributed by atoms with van der Waals surface area (Å²) in [6, 6.07) is 0.499. The summed E-state index contributed by atoms with van der Waals surface area (Å²) < 4.78 is 0. The molecule has 2 aliphatic rings. The molecule has 2 aliphatic carbocycles. The van der Waals surface area contributed by atoms with E-state index >= 15 is 0 Å². The van der Waals surface area contributed by atoms with Crippen LogP contribution in [0.1, 0.15) is 47.0 Å². The zero-order chi connectivity index (χ0) is 12.6. The molecular formula is C15H27NO. The second-order valence-electron chi connectivity index (χ2n) is 6.83. The minimum atomic E-state index is -0.119. The Bertz CT molecular complexity index is 308. The maximum atomic E-state index is 9.72. The topological polar surface area (TPSA) is 32.3 Å². The maximum absolute atomic E-state index is 9.72. The highest BCUT2D eigenvalue weighted by atomic mass is 16.3. The van der Waals surface area contributed by atoms with Crippen molar-refractivity contribution in [2.75, 3.05) is 6.54 Å². The molecule has 0 amide bonds. The first-order valence-electron chi connectivity index (χ1n) is 6.98. The zero-order valence-electron chi connectivity index (χ0n) is 11.7. The van der Waals surface area contributed by atoms with Crippen molar-refractivity contribution >= 4 is 0 Å². The van der Waals surface area contributed by atoms with Crippen LogP contribution >= 0.6 is 0 Å². The van der Waals surface area contributed by atoms with E-state index in [4.69, 9.17) is 0 Å². The Labute approximate surface area is 105 Å². The second-order valence-corrected chi connectivity index (χ2v) is 6.83. The maximum Gasteiger partial charge on any atom is 0.0621 e. The van der Waals surface area contributed by atoms with Gasteiger partial charge in [-0.1, -0.05) is 32.4 Å². The Morgan fingerprint density at radius 3 is 2.65 bits per heavy atom. The number of aliphatic hydroxyl groups is 1. The van der Waals surface area contributed by atoms with Crippen molar-refractivity contribution in [1.29, 1.82) is 0 Å².